The predicted molar refractivity (Wildman–Crippen MR) is 115 cm³/mol. The Bertz CT molecular complexity index is 808. The Kier molecular flexibility index (Phi) is 5.50. The summed E-state index contributed by atoms with van der Waals surface area (Å²) in [7, 11) is 0. The molecule has 0 spiro atoms. The minimum absolute atomic E-state index is 0.166. The molecule has 27 heavy (non-hydrogen) atoms. The molecule has 142 valence electrons. The van der Waals surface area contributed by atoms with Gasteiger partial charge in [-0.05, 0) is 69.0 Å². The van der Waals surface area contributed by atoms with Crippen LogP contribution in [0.5, 0.6) is 0 Å². The zero-order chi connectivity index (χ0) is 18.9. The fraction of sp³-hybridized carbons (Fsp3) is 0.391. The van der Waals surface area contributed by atoms with E-state index in [1.165, 1.54) is 50.8 Å². The second kappa shape index (κ2) is 7.87. The molecule has 1 aliphatic heterocycles. The van der Waals surface area contributed by atoms with Crippen LogP contribution in [0.4, 0.5) is 0 Å². The van der Waals surface area contributed by atoms with E-state index in [1.54, 1.807) is 6.07 Å². The van der Waals surface area contributed by atoms with E-state index in [1.807, 2.05) is 12.1 Å². The molecule has 0 radical (unpaired) electrons. The maximum atomic E-state index is 6.45. The molecule has 2 aromatic carbocycles. The van der Waals surface area contributed by atoms with E-state index < -0.39 is 0 Å². The number of benzene rings is 2. The average Bonchev–Trinajstić information content (AvgIpc) is 3.15. The van der Waals surface area contributed by atoms with Crippen molar-refractivity contribution >= 4 is 28.9 Å². The quantitative estimate of drug-likeness (QED) is 0.610. The van der Waals surface area contributed by atoms with Crippen LogP contribution < -0.4 is 5.32 Å². The maximum Gasteiger partial charge on any atom is 0.0697 e. The number of hydrogen-bond acceptors (Lipinski definition) is 2. The second-order valence-corrected chi connectivity index (χ2v) is 8.59. The summed E-state index contributed by atoms with van der Waals surface area (Å²) in [4.78, 5) is 2.71. The van der Waals surface area contributed by atoms with Crippen molar-refractivity contribution < 1.29 is 0 Å². The van der Waals surface area contributed by atoms with Crippen LogP contribution >= 0.6 is 23.2 Å². The van der Waals surface area contributed by atoms with Gasteiger partial charge in [-0.1, -0.05) is 60.1 Å². The maximum absolute atomic E-state index is 6.45. The second-order valence-electron chi connectivity index (χ2n) is 7.74. The van der Waals surface area contributed by atoms with Gasteiger partial charge in [0.25, 0.3) is 0 Å². The summed E-state index contributed by atoms with van der Waals surface area (Å²) in [5, 5.41) is 5.04. The average molecular weight is 401 g/mol. The summed E-state index contributed by atoms with van der Waals surface area (Å²) in [5.74, 6) is 0. The third-order valence-electron chi connectivity index (χ3n) is 6.20. The highest BCUT2D eigenvalue weighted by atomic mass is 35.5. The normalized spacial score (nSPS) is 20.1. The minimum atomic E-state index is 0.166. The van der Waals surface area contributed by atoms with Crippen LogP contribution in [-0.2, 0) is 0 Å². The van der Waals surface area contributed by atoms with E-state index in [9.17, 15) is 0 Å². The van der Waals surface area contributed by atoms with Crippen molar-refractivity contribution in [2.45, 2.75) is 43.7 Å². The lowest BCUT2D eigenvalue weighted by Gasteiger charge is -2.54. The molecule has 1 unspecified atom stereocenters. The third kappa shape index (κ3) is 3.63. The van der Waals surface area contributed by atoms with E-state index in [0.717, 1.165) is 11.3 Å². The molecule has 4 rings (SSSR count). The highest BCUT2D eigenvalue weighted by Crippen LogP contribution is 2.49. The van der Waals surface area contributed by atoms with Gasteiger partial charge in [-0.3, -0.25) is 4.90 Å². The van der Waals surface area contributed by atoms with Gasteiger partial charge >= 0.3 is 0 Å². The molecule has 1 saturated carbocycles. The van der Waals surface area contributed by atoms with Gasteiger partial charge in [-0.2, -0.15) is 0 Å². The molecule has 1 saturated heterocycles. The highest BCUT2D eigenvalue weighted by Gasteiger charge is 2.49. The number of hydrogen-bond donors (Lipinski definition) is 1. The number of rotatable bonds is 6. The Morgan fingerprint density at radius 3 is 2.30 bits per heavy atom. The van der Waals surface area contributed by atoms with Gasteiger partial charge in [-0.15, -0.1) is 0 Å². The molecule has 0 aromatic heterocycles. The molecule has 4 heteroatoms. The van der Waals surface area contributed by atoms with Crippen molar-refractivity contribution in [1.29, 1.82) is 0 Å². The van der Waals surface area contributed by atoms with Crippen LogP contribution in [0.15, 0.2) is 55.1 Å². The molecule has 1 N–H and O–H groups in total. The largest absolute Gasteiger partial charge is 0.376 e. The molecule has 1 atom stereocenters. The summed E-state index contributed by atoms with van der Waals surface area (Å²) >= 11 is 12.5. The Hall–Kier alpha value is -1.48. The van der Waals surface area contributed by atoms with Crippen molar-refractivity contribution in [3.8, 4) is 0 Å². The van der Waals surface area contributed by atoms with Crippen molar-refractivity contribution in [1.82, 2.24) is 10.2 Å². The molecular formula is C23H26Cl2N2. The monoisotopic (exact) mass is 400 g/mol. The van der Waals surface area contributed by atoms with E-state index in [0.29, 0.717) is 10.0 Å². The van der Waals surface area contributed by atoms with Crippen LogP contribution in [0.2, 0.25) is 10.0 Å². The van der Waals surface area contributed by atoms with Gasteiger partial charge in [-0.25, -0.2) is 0 Å². The Balaban J connectivity index is 1.67. The molecule has 2 aromatic rings. The number of likely N-dealkylation sites (tertiary alicyclic amines) is 1. The van der Waals surface area contributed by atoms with E-state index in [-0.39, 0.29) is 11.6 Å². The Morgan fingerprint density at radius 1 is 1.00 bits per heavy atom. The third-order valence-corrected chi connectivity index (χ3v) is 6.75. The van der Waals surface area contributed by atoms with Crippen LogP contribution in [-0.4, -0.2) is 23.5 Å². The van der Waals surface area contributed by atoms with E-state index >= 15 is 0 Å². The van der Waals surface area contributed by atoms with Gasteiger partial charge in [0, 0.05) is 21.8 Å². The van der Waals surface area contributed by atoms with Crippen molar-refractivity contribution in [3.63, 3.8) is 0 Å². The molecule has 0 bridgehead atoms. The topological polar surface area (TPSA) is 15.3 Å². The summed E-state index contributed by atoms with van der Waals surface area (Å²) in [6.45, 7) is 6.71. The standard InChI is InChI=1S/C23H26Cl2N2/c1-17(20-11-10-19(24)16-21(20)25)26-22(18-8-3-2-4-9-18)23(12-7-13-23)27-14-5-6-15-27/h2-4,8-11,16,22,26H,1,5-7,12-15H2. The zero-order valence-corrected chi connectivity index (χ0v) is 17.1. The molecule has 1 aliphatic carbocycles. The van der Waals surface area contributed by atoms with E-state index in [4.69, 9.17) is 23.2 Å². The van der Waals surface area contributed by atoms with Gasteiger partial charge in [0.15, 0.2) is 0 Å². The van der Waals surface area contributed by atoms with Crippen molar-refractivity contribution in [3.05, 3.63) is 76.3 Å². The molecule has 2 aliphatic rings. The van der Waals surface area contributed by atoms with Crippen LogP contribution in [0, 0.1) is 0 Å². The van der Waals surface area contributed by atoms with Crippen LogP contribution in [0.3, 0.4) is 0 Å². The van der Waals surface area contributed by atoms with Gasteiger partial charge < -0.3 is 5.32 Å². The van der Waals surface area contributed by atoms with Crippen molar-refractivity contribution in [2.75, 3.05) is 13.1 Å². The Morgan fingerprint density at radius 2 is 1.70 bits per heavy atom. The Labute approximate surface area is 172 Å². The fourth-order valence-electron chi connectivity index (χ4n) is 4.65. The molecule has 2 nitrogen and oxygen atoms in total. The lowest BCUT2D eigenvalue weighted by atomic mass is 9.68. The van der Waals surface area contributed by atoms with Gasteiger partial charge in [0.05, 0.1) is 11.1 Å². The van der Waals surface area contributed by atoms with E-state index in [2.05, 4.69) is 47.1 Å². The molecule has 1 heterocycles. The first kappa shape index (κ1) is 18.9. The number of halogens is 2. The minimum Gasteiger partial charge on any atom is -0.376 e. The summed E-state index contributed by atoms with van der Waals surface area (Å²) < 4.78 is 0. The zero-order valence-electron chi connectivity index (χ0n) is 15.6. The van der Waals surface area contributed by atoms with Crippen LogP contribution in [0.25, 0.3) is 5.70 Å². The summed E-state index contributed by atoms with van der Waals surface area (Å²) in [6.07, 6.45) is 6.33. The van der Waals surface area contributed by atoms with Crippen molar-refractivity contribution in [2.24, 2.45) is 0 Å². The number of nitrogens with zero attached hydrogens (tertiary/aromatic N) is 1. The lowest BCUT2D eigenvalue weighted by Crippen LogP contribution is -2.59. The SMILES string of the molecule is C=C(NC(c1ccccc1)C1(N2CCCC2)CCC1)c1ccc(Cl)cc1Cl. The number of nitrogens with one attached hydrogen (secondary N) is 1. The molecule has 2 fully saturated rings. The predicted octanol–water partition coefficient (Wildman–Crippen LogP) is 6.31. The van der Waals surface area contributed by atoms with Crippen LogP contribution in [0.1, 0.15) is 49.3 Å². The summed E-state index contributed by atoms with van der Waals surface area (Å²) in [5.41, 5.74) is 3.25. The lowest BCUT2D eigenvalue weighted by molar-refractivity contribution is 0.00377. The highest BCUT2D eigenvalue weighted by molar-refractivity contribution is 6.35. The molecule has 0 amide bonds. The van der Waals surface area contributed by atoms with Gasteiger partial charge in [0.2, 0.25) is 0 Å². The van der Waals surface area contributed by atoms with Gasteiger partial charge in [0.1, 0.15) is 0 Å². The smallest absolute Gasteiger partial charge is 0.0697 e. The fourth-order valence-corrected chi connectivity index (χ4v) is 5.17. The first-order valence-electron chi connectivity index (χ1n) is 9.81. The molecular weight excluding hydrogens is 375 g/mol. The summed E-state index contributed by atoms with van der Waals surface area (Å²) in [6, 6.07) is 16.6. The first-order chi connectivity index (χ1) is 13.1. The first-order valence-corrected chi connectivity index (χ1v) is 10.6.